The van der Waals surface area contributed by atoms with Crippen LogP contribution in [-0.4, -0.2) is 24.2 Å². The van der Waals surface area contributed by atoms with Crippen LogP contribution in [0.4, 0.5) is 0 Å². The molecule has 5 heteroatoms. The largest absolute Gasteiger partial charge is 0.461 e. The minimum atomic E-state index is -0.359. The Morgan fingerprint density at radius 2 is 1.59 bits per heavy atom. The van der Waals surface area contributed by atoms with Crippen molar-refractivity contribution in [3.05, 3.63) is 0 Å². The Kier molecular flexibility index (Phi) is 3.94. The number of nitrogens with two attached hydrogens (primary N) is 1. The van der Waals surface area contributed by atoms with Crippen molar-refractivity contribution in [1.82, 2.24) is 0 Å². The number of amides is 1. The molecular formula is C12H24BNO3. The Labute approximate surface area is 104 Å². The van der Waals surface area contributed by atoms with Crippen LogP contribution in [0.15, 0.2) is 0 Å². The van der Waals surface area contributed by atoms with E-state index in [0.29, 0.717) is 6.42 Å². The van der Waals surface area contributed by atoms with Crippen molar-refractivity contribution in [2.75, 3.05) is 0 Å². The highest BCUT2D eigenvalue weighted by molar-refractivity contribution is 6.48. The maximum Gasteiger partial charge on any atom is 0.461 e. The second-order valence-corrected chi connectivity index (χ2v) is 6.20. The first-order chi connectivity index (χ1) is 7.57. The zero-order valence-corrected chi connectivity index (χ0v) is 11.7. The molecule has 17 heavy (non-hydrogen) atoms. The average Bonchev–Trinajstić information content (AvgIpc) is 2.31. The minimum Gasteiger partial charge on any atom is -0.403 e. The van der Waals surface area contributed by atoms with Gasteiger partial charge in [0, 0.05) is 12.2 Å². The molecule has 2 N–H and O–H groups in total. The summed E-state index contributed by atoms with van der Waals surface area (Å²) in [6.07, 6.45) is 0.300. The van der Waals surface area contributed by atoms with Crippen LogP contribution >= 0.6 is 0 Å². The molecule has 4 nitrogen and oxygen atoms in total. The summed E-state index contributed by atoms with van der Waals surface area (Å²) in [5.74, 6) is -0.0100. The van der Waals surface area contributed by atoms with Gasteiger partial charge in [-0.05, 0) is 33.6 Å². The molecule has 0 aromatic heterocycles. The van der Waals surface area contributed by atoms with E-state index >= 15 is 0 Å². The standard InChI is InChI=1S/C12H24BNO3/c1-8(2)9(7-10(14)15)13-16-11(3,4)12(5,6)17-13/h8-9H,7H2,1-6H3,(H2,14,15). The third kappa shape index (κ3) is 3.02. The van der Waals surface area contributed by atoms with E-state index in [1.165, 1.54) is 0 Å². The number of carbonyl (C=O) groups is 1. The van der Waals surface area contributed by atoms with E-state index in [0.717, 1.165) is 0 Å². The number of primary amides is 1. The lowest BCUT2D eigenvalue weighted by molar-refractivity contribution is -0.118. The van der Waals surface area contributed by atoms with Crippen LogP contribution in [0.1, 0.15) is 48.0 Å². The Morgan fingerprint density at radius 1 is 1.18 bits per heavy atom. The summed E-state index contributed by atoms with van der Waals surface area (Å²) in [5.41, 5.74) is 4.57. The van der Waals surface area contributed by atoms with Crippen molar-refractivity contribution in [2.24, 2.45) is 11.7 Å². The van der Waals surface area contributed by atoms with Crippen LogP contribution < -0.4 is 5.73 Å². The molecule has 0 saturated carbocycles. The van der Waals surface area contributed by atoms with Crippen molar-refractivity contribution < 1.29 is 14.1 Å². The Balaban J connectivity index is 2.83. The van der Waals surface area contributed by atoms with E-state index < -0.39 is 0 Å². The summed E-state index contributed by atoms with van der Waals surface area (Å²) in [4.78, 5) is 11.1. The number of hydrogen-bond acceptors (Lipinski definition) is 3. The van der Waals surface area contributed by atoms with Crippen molar-refractivity contribution in [3.63, 3.8) is 0 Å². The summed E-state index contributed by atoms with van der Waals surface area (Å²) in [7, 11) is -0.354. The first-order valence-corrected chi connectivity index (χ1v) is 6.21. The van der Waals surface area contributed by atoms with Gasteiger partial charge >= 0.3 is 7.12 Å². The van der Waals surface area contributed by atoms with Crippen LogP contribution in [0.2, 0.25) is 5.82 Å². The maximum absolute atomic E-state index is 11.1. The quantitative estimate of drug-likeness (QED) is 0.765. The van der Waals surface area contributed by atoms with Gasteiger partial charge in [0.25, 0.3) is 0 Å². The van der Waals surface area contributed by atoms with Gasteiger partial charge in [0.05, 0.1) is 11.2 Å². The van der Waals surface area contributed by atoms with Crippen LogP contribution in [0.25, 0.3) is 0 Å². The molecule has 1 aliphatic heterocycles. The predicted octanol–water partition coefficient (Wildman–Crippen LogP) is 1.98. The number of rotatable bonds is 4. The molecule has 1 rings (SSSR count). The van der Waals surface area contributed by atoms with Crippen molar-refractivity contribution in [2.45, 2.75) is 65.0 Å². The van der Waals surface area contributed by atoms with Crippen LogP contribution in [0, 0.1) is 5.92 Å². The summed E-state index contributed by atoms with van der Waals surface area (Å²) in [5, 5.41) is 0. The molecule has 1 fully saturated rings. The fraction of sp³-hybridized carbons (Fsp3) is 0.917. The normalized spacial score (nSPS) is 24.1. The van der Waals surface area contributed by atoms with Crippen molar-refractivity contribution >= 4 is 13.0 Å². The fourth-order valence-electron chi connectivity index (χ4n) is 1.94. The third-order valence-electron chi connectivity index (χ3n) is 3.91. The molecule has 1 atom stereocenters. The smallest absolute Gasteiger partial charge is 0.403 e. The van der Waals surface area contributed by atoms with Gasteiger partial charge in [-0.15, -0.1) is 0 Å². The van der Waals surface area contributed by atoms with Crippen molar-refractivity contribution in [1.29, 1.82) is 0 Å². The highest BCUT2D eigenvalue weighted by atomic mass is 16.7. The molecule has 0 bridgehead atoms. The van der Waals surface area contributed by atoms with Gasteiger partial charge in [0.15, 0.2) is 0 Å². The van der Waals surface area contributed by atoms with E-state index in [1.807, 2.05) is 27.7 Å². The van der Waals surface area contributed by atoms with Gasteiger partial charge < -0.3 is 15.0 Å². The SMILES string of the molecule is CC(C)C(CC(N)=O)B1OC(C)(C)C(C)(C)O1. The average molecular weight is 241 g/mol. The highest BCUT2D eigenvalue weighted by Crippen LogP contribution is 2.42. The predicted molar refractivity (Wildman–Crippen MR) is 68.5 cm³/mol. The Hall–Kier alpha value is -0.545. The molecule has 0 aliphatic carbocycles. The van der Waals surface area contributed by atoms with Gasteiger partial charge in [-0.25, -0.2) is 0 Å². The molecule has 1 aliphatic rings. The van der Waals surface area contributed by atoms with E-state index in [9.17, 15) is 4.79 Å². The van der Waals surface area contributed by atoms with Gasteiger partial charge in [0.1, 0.15) is 0 Å². The van der Waals surface area contributed by atoms with Gasteiger partial charge in [-0.1, -0.05) is 13.8 Å². The van der Waals surface area contributed by atoms with Gasteiger partial charge in [-0.2, -0.15) is 0 Å². The zero-order chi connectivity index (χ0) is 13.4. The zero-order valence-electron chi connectivity index (χ0n) is 11.7. The lowest BCUT2D eigenvalue weighted by Gasteiger charge is -2.32. The lowest BCUT2D eigenvalue weighted by Crippen LogP contribution is -2.41. The second-order valence-electron chi connectivity index (χ2n) is 6.20. The van der Waals surface area contributed by atoms with Crippen LogP contribution in [0.5, 0.6) is 0 Å². The van der Waals surface area contributed by atoms with Crippen molar-refractivity contribution in [3.8, 4) is 0 Å². The molecule has 98 valence electrons. The summed E-state index contributed by atoms with van der Waals surface area (Å²) >= 11 is 0. The summed E-state index contributed by atoms with van der Waals surface area (Å²) in [6, 6.07) is 0. The molecule has 1 saturated heterocycles. The molecule has 1 heterocycles. The Bertz CT molecular complexity index is 286. The third-order valence-corrected chi connectivity index (χ3v) is 3.91. The minimum absolute atomic E-state index is 0.00792. The van der Waals surface area contributed by atoms with Gasteiger partial charge in [-0.3, -0.25) is 4.79 Å². The molecule has 0 spiro atoms. The molecule has 0 aromatic rings. The second kappa shape index (κ2) is 4.61. The van der Waals surface area contributed by atoms with Crippen LogP contribution in [-0.2, 0) is 14.1 Å². The van der Waals surface area contributed by atoms with E-state index in [1.54, 1.807) is 0 Å². The molecule has 0 radical (unpaired) electrons. The number of hydrogen-bond donors (Lipinski definition) is 1. The highest BCUT2D eigenvalue weighted by Gasteiger charge is 2.54. The summed E-state index contributed by atoms with van der Waals surface area (Å²) < 4.78 is 11.9. The van der Waals surface area contributed by atoms with E-state index in [4.69, 9.17) is 15.0 Å². The maximum atomic E-state index is 11.1. The monoisotopic (exact) mass is 241 g/mol. The molecular weight excluding hydrogens is 217 g/mol. The Morgan fingerprint density at radius 3 is 1.88 bits per heavy atom. The molecule has 0 aromatic carbocycles. The van der Waals surface area contributed by atoms with E-state index in [-0.39, 0.29) is 36.0 Å². The van der Waals surface area contributed by atoms with E-state index in [2.05, 4.69) is 13.8 Å². The lowest BCUT2D eigenvalue weighted by atomic mass is 9.64. The van der Waals surface area contributed by atoms with Crippen LogP contribution in [0.3, 0.4) is 0 Å². The first kappa shape index (κ1) is 14.5. The van der Waals surface area contributed by atoms with Gasteiger partial charge in [0.2, 0.25) is 5.91 Å². The first-order valence-electron chi connectivity index (χ1n) is 6.21. The molecule has 1 unspecified atom stereocenters. The summed E-state index contributed by atoms with van der Waals surface area (Å²) in [6.45, 7) is 12.1. The molecule has 1 amide bonds. The fourth-order valence-corrected chi connectivity index (χ4v) is 1.94. The number of carbonyl (C=O) groups excluding carboxylic acids is 1. The topological polar surface area (TPSA) is 61.6 Å².